The summed E-state index contributed by atoms with van der Waals surface area (Å²) in [6.45, 7) is 4.73. The van der Waals surface area contributed by atoms with Crippen LogP contribution < -0.4 is 27.4 Å². The largest absolute Gasteiger partial charge is 0.480 e. The van der Waals surface area contributed by atoms with Gasteiger partial charge in [0.25, 0.3) is 0 Å². The Morgan fingerprint density at radius 1 is 0.971 bits per heavy atom. The molecule has 1 aromatic carbocycles. The molecule has 12 heteroatoms. The first kappa shape index (κ1) is 27.3. The number of nitrogens with one attached hydrogen (secondary N) is 4. The fraction of sp³-hybridized carbons (Fsp3) is 0.435. The highest BCUT2D eigenvalue weighted by Crippen LogP contribution is 2.18. The number of benzene rings is 1. The topological polar surface area (TPSA) is 209 Å². The highest BCUT2D eigenvalue weighted by molar-refractivity contribution is 5.95. The van der Waals surface area contributed by atoms with Gasteiger partial charge in [-0.2, -0.15) is 0 Å². The van der Waals surface area contributed by atoms with Crippen LogP contribution in [0.25, 0.3) is 10.9 Å². The molecule has 1 aromatic heterocycles. The standard InChI is InChI=1S/C23H32N6O6/c1-11(2)19(22(33)28-17(23(34)35)9-18(25)30)29-20(31)12(3)27-21(32)15(24)8-13-10-26-16-7-5-4-6-14(13)16/h4-7,10-12,15,17,19,26H,8-9,24H2,1-3H3,(H2,25,30)(H,27,32)(H,28,33)(H,29,31)(H,34,35). The van der Waals surface area contributed by atoms with Gasteiger partial charge in [0.2, 0.25) is 23.6 Å². The number of nitrogens with two attached hydrogens (primary N) is 2. The van der Waals surface area contributed by atoms with Gasteiger partial charge in [-0.15, -0.1) is 0 Å². The third-order valence-corrected chi connectivity index (χ3v) is 5.47. The number of hydrogen-bond donors (Lipinski definition) is 7. The fourth-order valence-corrected chi connectivity index (χ4v) is 3.49. The molecule has 0 fully saturated rings. The van der Waals surface area contributed by atoms with E-state index in [0.29, 0.717) is 0 Å². The third-order valence-electron chi connectivity index (χ3n) is 5.47. The molecule has 9 N–H and O–H groups in total. The normalized spacial score (nSPS) is 14.5. The van der Waals surface area contributed by atoms with E-state index in [4.69, 9.17) is 11.5 Å². The molecule has 1 heterocycles. The van der Waals surface area contributed by atoms with Crippen LogP contribution in [0, 0.1) is 5.92 Å². The molecular weight excluding hydrogens is 456 g/mol. The molecule has 0 aliphatic rings. The minimum atomic E-state index is -1.53. The highest BCUT2D eigenvalue weighted by Gasteiger charge is 2.31. The van der Waals surface area contributed by atoms with Crippen LogP contribution in [0.2, 0.25) is 0 Å². The first-order chi connectivity index (χ1) is 16.4. The van der Waals surface area contributed by atoms with Crippen LogP contribution in [0.1, 0.15) is 32.8 Å². The Bertz CT molecular complexity index is 1100. The maximum Gasteiger partial charge on any atom is 0.326 e. The molecule has 4 atom stereocenters. The Hall–Kier alpha value is -3.93. The lowest BCUT2D eigenvalue weighted by Gasteiger charge is -2.25. The molecule has 190 valence electrons. The number of primary amides is 1. The Balaban J connectivity index is 1.97. The van der Waals surface area contributed by atoms with Crippen LogP contribution >= 0.6 is 0 Å². The summed E-state index contributed by atoms with van der Waals surface area (Å²) in [4.78, 5) is 63.3. The van der Waals surface area contributed by atoms with Crippen molar-refractivity contribution in [2.75, 3.05) is 0 Å². The Morgan fingerprint density at radius 2 is 1.63 bits per heavy atom. The van der Waals surface area contributed by atoms with Crippen LogP contribution in [0.5, 0.6) is 0 Å². The van der Waals surface area contributed by atoms with Crippen molar-refractivity contribution in [1.82, 2.24) is 20.9 Å². The number of H-pyrrole nitrogens is 1. The predicted octanol–water partition coefficient (Wildman–Crippen LogP) is -0.872. The summed E-state index contributed by atoms with van der Waals surface area (Å²) in [5.74, 6) is -4.76. The van der Waals surface area contributed by atoms with E-state index >= 15 is 0 Å². The summed E-state index contributed by atoms with van der Waals surface area (Å²) in [5.41, 5.74) is 12.9. The predicted molar refractivity (Wildman–Crippen MR) is 128 cm³/mol. The summed E-state index contributed by atoms with van der Waals surface area (Å²) in [5, 5.41) is 17.4. The molecule has 12 nitrogen and oxygen atoms in total. The van der Waals surface area contributed by atoms with Crippen molar-refractivity contribution >= 4 is 40.5 Å². The number of hydrogen-bond acceptors (Lipinski definition) is 6. The van der Waals surface area contributed by atoms with Gasteiger partial charge in [-0.25, -0.2) is 4.79 Å². The summed E-state index contributed by atoms with van der Waals surface area (Å²) in [6, 6.07) is 3.01. The molecule has 0 saturated carbocycles. The number of carboxylic acid groups (broad SMARTS) is 1. The van der Waals surface area contributed by atoms with Gasteiger partial charge >= 0.3 is 5.97 Å². The van der Waals surface area contributed by atoms with Gasteiger partial charge in [-0.05, 0) is 30.9 Å². The average molecular weight is 489 g/mol. The van der Waals surface area contributed by atoms with Crippen molar-refractivity contribution in [1.29, 1.82) is 0 Å². The Labute approximate surface area is 202 Å². The first-order valence-corrected chi connectivity index (χ1v) is 11.1. The van der Waals surface area contributed by atoms with Crippen molar-refractivity contribution in [2.45, 2.75) is 57.8 Å². The summed E-state index contributed by atoms with van der Waals surface area (Å²) in [7, 11) is 0. The molecule has 2 aromatic rings. The molecule has 35 heavy (non-hydrogen) atoms. The lowest BCUT2D eigenvalue weighted by Crippen LogP contribution is -2.58. The maximum absolute atomic E-state index is 12.7. The SMILES string of the molecule is CC(NC(=O)C(N)Cc1c[nH]c2ccccc12)C(=O)NC(C(=O)NC(CC(N)=O)C(=O)O)C(C)C. The van der Waals surface area contributed by atoms with E-state index in [0.717, 1.165) is 16.5 Å². The second kappa shape index (κ2) is 12.0. The quantitative estimate of drug-likeness (QED) is 0.200. The molecule has 4 unspecified atom stereocenters. The van der Waals surface area contributed by atoms with Gasteiger partial charge in [0.05, 0.1) is 12.5 Å². The monoisotopic (exact) mass is 488 g/mol. The van der Waals surface area contributed by atoms with Crippen LogP contribution in [0.4, 0.5) is 0 Å². The number of carbonyl (C=O) groups is 5. The average Bonchev–Trinajstić information content (AvgIpc) is 3.18. The number of carbonyl (C=O) groups excluding carboxylic acids is 4. The molecular formula is C23H32N6O6. The van der Waals surface area contributed by atoms with Gasteiger partial charge in [-0.3, -0.25) is 19.2 Å². The molecule has 0 spiro atoms. The van der Waals surface area contributed by atoms with Crippen LogP contribution in [0.3, 0.4) is 0 Å². The second-order valence-corrected chi connectivity index (χ2v) is 8.70. The summed E-state index contributed by atoms with van der Waals surface area (Å²) >= 11 is 0. The number of rotatable bonds is 12. The van der Waals surface area contributed by atoms with E-state index in [-0.39, 0.29) is 6.42 Å². The summed E-state index contributed by atoms with van der Waals surface area (Å²) in [6.07, 6.45) is 1.43. The molecule has 0 saturated heterocycles. The number of amides is 4. The smallest absolute Gasteiger partial charge is 0.326 e. The zero-order chi connectivity index (χ0) is 26.3. The molecule has 4 amide bonds. The van der Waals surface area contributed by atoms with Crippen LogP contribution in [-0.4, -0.2) is 63.9 Å². The number of fused-ring (bicyclic) bond motifs is 1. The van der Waals surface area contributed by atoms with Gasteiger partial charge < -0.3 is 37.5 Å². The van der Waals surface area contributed by atoms with Crippen molar-refractivity contribution in [3.8, 4) is 0 Å². The van der Waals surface area contributed by atoms with Crippen molar-refractivity contribution in [3.63, 3.8) is 0 Å². The second-order valence-electron chi connectivity index (χ2n) is 8.70. The van der Waals surface area contributed by atoms with Crippen molar-refractivity contribution in [2.24, 2.45) is 17.4 Å². The van der Waals surface area contributed by atoms with Gasteiger partial charge in [-0.1, -0.05) is 32.0 Å². The number of carboxylic acids is 1. The van der Waals surface area contributed by atoms with Crippen LogP contribution in [0.15, 0.2) is 30.5 Å². The van der Waals surface area contributed by atoms with Gasteiger partial charge in [0.15, 0.2) is 0 Å². The van der Waals surface area contributed by atoms with Crippen LogP contribution in [-0.2, 0) is 30.4 Å². The maximum atomic E-state index is 12.7. The first-order valence-electron chi connectivity index (χ1n) is 11.1. The highest BCUT2D eigenvalue weighted by atomic mass is 16.4. The minimum Gasteiger partial charge on any atom is -0.480 e. The third kappa shape index (κ3) is 7.54. The van der Waals surface area contributed by atoms with Gasteiger partial charge in [0, 0.05) is 17.1 Å². The number of aliphatic carboxylic acids is 1. The minimum absolute atomic E-state index is 0.248. The Kier molecular flexibility index (Phi) is 9.34. The lowest BCUT2D eigenvalue weighted by molar-refractivity contribution is -0.144. The number of aromatic amines is 1. The van der Waals surface area contributed by atoms with E-state index in [1.165, 1.54) is 6.92 Å². The Morgan fingerprint density at radius 3 is 2.23 bits per heavy atom. The van der Waals surface area contributed by atoms with E-state index in [9.17, 15) is 29.1 Å². The molecule has 0 radical (unpaired) electrons. The molecule has 0 aliphatic heterocycles. The molecule has 0 bridgehead atoms. The van der Waals surface area contributed by atoms with E-state index in [1.54, 1.807) is 20.0 Å². The van der Waals surface area contributed by atoms with E-state index < -0.39 is 66.1 Å². The molecule has 2 rings (SSSR count). The van der Waals surface area contributed by atoms with E-state index in [2.05, 4.69) is 20.9 Å². The zero-order valence-corrected chi connectivity index (χ0v) is 19.8. The number of para-hydroxylation sites is 1. The van der Waals surface area contributed by atoms with Crippen molar-refractivity contribution < 1.29 is 29.1 Å². The fourth-order valence-electron chi connectivity index (χ4n) is 3.49. The van der Waals surface area contributed by atoms with Crippen molar-refractivity contribution in [3.05, 3.63) is 36.0 Å². The number of aromatic nitrogens is 1. The summed E-state index contributed by atoms with van der Waals surface area (Å²) < 4.78 is 0. The van der Waals surface area contributed by atoms with E-state index in [1.807, 2.05) is 24.3 Å². The lowest BCUT2D eigenvalue weighted by atomic mass is 10.0. The van der Waals surface area contributed by atoms with Gasteiger partial charge in [0.1, 0.15) is 18.1 Å². The zero-order valence-electron chi connectivity index (χ0n) is 19.8. The molecule has 0 aliphatic carbocycles.